The number of nitro benzene ring substituents is 1. The maximum Gasteiger partial charge on any atom is 0.269 e. The highest BCUT2D eigenvalue weighted by Gasteiger charge is 2.26. The molecule has 2 rings (SSSR count). The molecule has 0 bridgehead atoms. The Bertz CT molecular complexity index is 434. The molecule has 0 radical (unpaired) electrons. The molecule has 0 fully saturated rings. The van der Waals surface area contributed by atoms with E-state index in [4.69, 9.17) is 4.74 Å². The highest BCUT2D eigenvalue weighted by molar-refractivity contribution is 5.59. The predicted molar refractivity (Wildman–Crippen MR) is 65.2 cm³/mol. The molecule has 1 N–H and O–H groups in total. The van der Waals surface area contributed by atoms with Crippen molar-refractivity contribution in [3.63, 3.8) is 0 Å². The lowest BCUT2D eigenvalue weighted by Crippen LogP contribution is -2.26. The molecule has 2 atom stereocenters. The molecule has 0 saturated carbocycles. The summed E-state index contributed by atoms with van der Waals surface area (Å²) in [4.78, 5) is 10.4. The van der Waals surface area contributed by atoms with Crippen molar-refractivity contribution in [1.82, 2.24) is 0 Å². The van der Waals surface area contributed by atoms with Crippen LogP contribution in [0.25, 0.3) is 0 Å². The van der Waals surface area contributed by atoms with E-state index in [0.717, 1.165) is 17.7 Å². The smallest absolute Gasteiger partial charge is 0.269 e. The summed E-state index contributed by atoms with van der Waals surface area (Å²) in [5.41, 5.74) is 1.94. The van der Waals surface area contributed by atoms with Gasteiger partial charge in [0.15, 0.2) is 0 Å². The van der Waals surface area contributed by atoms with Crippen LogP contribution in [0.3, 0.4) is 0 Å². The Morgan fingerprint density at radius 1 is 1.59 bits per heavy atom. The van der Waals surface area contributed by atoms with Gasteiger partial charge in [-0.05, 0) is 26.3 Å². The first-order valence-electron chi connectivity index (χ1n) is 5.78. The number of fused-ring (bicyclic) bond motifs is 1. The standard InChI is InChI=1S/C12H16N2O3/c1-3-17-12-6-8(2)13-11-5-4-9(14(15)16)7-10(11)12/h4-5,7-8,12-13H,3,6H2,1-2H3/t8-,12+/m1/s1. The number of ether oxygens (including phenoxy) is 1. The van der Waals surface area contributed by atoms with Gasteiger partial charge in [-0.15, -0.1) is 0 Å². The number of nitro groups is 1. The van der Waals surface area contributed by atoms with Gasteiger partial charge in [0.25, 0.3) is 5.69 Å². The summed E-state index contributed by atoms with van der Waals surface area (Å²) in [5, 5.41) is 14.1. The van der Waals surface area contributed by atoms with Gasteiger partial charge >= 0.3 is 0 Å². The van der Waals surface area contributed by atoms with E-state index >= 15 is 0 Å². The van der Waals surface area contributed by atoms with Gasteiger partial charge in [0.05, 0.1) is 11.0 Å². The first kappa shape index (κ1) is 11.9. The second kappa shape index (κ2) is 4.71. The van der Waals surface area contributed by atoms with Crippen molar-refractivity contribution in [2.24, 2.45) is 0 Å². The molecular formula is C12H16N2O3. The van der Waals surface area contributed by atoms with Crippen LogP contribution >= 0.6 is 0 Å². The summed E-state index contributed by atoms with van der Waals surface area (Å²) >= 11 is 0. The summed E-state index contributed by atoms with van der Waals surface area (Å²) in [6.07, 6.45) is 0.785. The zero-order valence-corrected chi connectivity index (χ0v) is 9.97. The number of non-ortho nitro benzene ring substituents is 1. The Kier molecular flexibility index (Phi) is 3.28. The third-order valence-corrected chi connectivity index (χ3v) is 2.93. The maximum absolute atomic E-state index is 10.8. The van der Waals surface area contributed by atoms with Gasteiger partial charge in [-0.1, -0.05) is 0 Å². The van der Waals surface area contributed by atoms with Crippen LogP contribution in [-0.4, -0.2) is 17.6 Å². The summed E-state index contributed by atoms with van der Waals surface area (Å²) in [7, 11) is 0. The summed E-state index contributed by atoms with van der Waals surface area (Å²) in [6, 6.07) is 5.21. The lowest BCUT2D eigenvalue weighted by molar-refractivity contribution is -0.385. The van der Waals surface area contributed by atoms with Crippen LogP contribution in [0.5, 0.6) is 0 Å². The number of hydrogen-bond donors (Lipinski definition) is 1. The molecule has 92 valence electrons. The van der Waals surface area contributed by atoms with Crippen LogP contribution in [0, 0.1) is 10.1 Å². The molecule has 0 unspecified atom stereocenters. The molecule has 17 heavy (non-hydrogen) atoms. The number of nitrogens with one attached hydrogen (secondary N) is 1. The quantitative estimate of drug-likeness (QED) is 0.647. The minimum Gasteiger partial charge on any atom is -0.382 e. The van der Waals surface area contributed by atoms with Gasteiger partial charge in [0.2, 0.25) is 0 Å². The van der Waals surface area contributed by atoms with Crippen molar-refractivity contribution in [3.05, 3.63) is 33.9 Å². The van der Waals surface area contributed by atoms with E-state index < -0.39 is 0 Å². The number of rotatable bonds is 3. The van der Waals surface area contributed by atoms with E-state index in [1.54, 1.807) is 12.1 Å². The van der Waals surface area contributed by atoms with Crippen molar-refractivity contribution in [1.29, 1.82) is 0 Å². The lowest BCUT2D eigenvalue weighted by Gasteiger charge is -2.30. The van der Waals surface area contributed by atoms with Crippen molar-refractivity contribution < 1.29 is 9.66 Å². The van der Waals surface area contributed by atoms with E-state index in [9.17, 15) is 10.1 Å². The van der Waals surface area contributed by atoms with Crippen LogP contribution in [0.1, 0.15) is 31.9 Å². The van der Waals surface area contributed by atoms with Crippen molar-refractivity contribution in [2.75, 3.05) is 11.9 Å². The molecule has 1 aromatic carbocycles. The Morgan fingerprint density at radius 3 is 3.00 bits per heavy atom. The first-order chi connectivity index (χ1) is 8.11. The van der Waals surface area contributed by atoms with Crippen LogP contribution in [0.4, 0.5) is 11.4 Å². The molecule has 0 spiro atoms. The zero-order chi connectivity index (χ0) is 12.4. The fraction of sp³-hybridized carbons (Fsp3) is 0.500. The Morgan fingerprint density at radius 2 is 2.35 bits per heavy atom. The summed E-state index contributed by atoms with van der Waals surface area (Å²) < 4.78 is 5.65. The van der Waals surface area contributed by atoms with Crippen LogP contribution in [0.2, 0.25) is 0 Å². The van der Waals surface area contributed by atoms with E-state index in [1.807, 2.05) is 6.92 Å². The number of hydrogen-bond acceptors (Lipinski definition) is 4. The lowest BCUT2D eigenvalue weighted by atomic mass is 9.95. The molecule has 5 heteroatoms. The largest absolute Gasteiger partial charge is 0.382 e. The van der Waals surface area contributed by atoms with Crippen molar-refractivity contribution >= 4 is 11.4 Å². The average Bonchev–Trinajstić information content (AvgIpc) is 2.28. The molecular weight excluding hydrogens is 220 g/mol. The molecule has 0 aromatic heterocycles. The van der Waals surface area contributed by atoms with Crippen molar-refractivity contribution in [2.45, 2.75) is 32.4 Å². The monoisotopic (exact) mass is 236 g/mol. The van der Waals surface area contributed by atoms with E-state index in [2.05, 4.69) is 12.2 Å². The summed E-state index contributed by atoms with van der Waals surface area (Å²) in [6.45, 7) is 4.62. The fourth-order valence-electron chi connectivity index (χ4n) is 2.19. The number of benzene rings is 1. The molecule has 1 aliphatic heterocycles. The summed E-state index contributed by atoms with van der Waals surface area (Å²) in [5.74, 6) is 0. The van der Waals surface area contributed by atoms with Crippen LogP contribution in [-0.2, 0) is 4.74 Å². The minimum absolute atomic E-state index is 0.0499. The Labute approximate surface area is 99.9 Å². The first-order valence-corrected chi connectivity index (χ1v) is 5.78. The van der Waals surface area contributed by atoms with Gasteiger partial charge in [-0.3, -0.25) is 10.1 Å². The van der Waals surface area contributed by atoms with Gasteiger partial charge in [0.1, 0.15) is 0 Å². The van der Waals surface area contributed by atoms with E-state index in [1.165, 1.54) is 6.07 Å². The van der Waals surface area contributed by atoms with Gasteiger partial charge in [-0.2, -0.15) is 0 Å². The highest BCUT2D eigenvalue weighted by Crippen LogP contribution is 2.36. The van der Waals surface area contributed by atoms with Crippen molar-refractivity contribution in [3.8, 4) is 0 Å². The SMILES string of the molecule is CCO[C@H]1C[C@@H](C)Nc2ccc([N+](=O)[O-])cc21. The molecule has 1 aromatic rings. The van der Waals surface area contributed by atoms with Gasteiger partial charge < -0.3 is 10.1 Å². The molecule has 1 heterocycles. The molecule has 0 saturated heterocycles. The molecule has 0 aliphatic carbocycles. The number of anilines is 1. The topological polar surface area (TPSA) is 64.4 Å². The second-order valence-electron chi connectivity index (χ2n) is 4.25. The fourth-order valence-corrected chi connectivity index (χ4v) is 2.19. The maximum atomic E-state index is 10.8. The second-order valence-corrected chi connectivity index (χ2v) is 4.25. The minimum atomic E-state index is -0.374. The normalized spacial score (nSPS) is 22.7. The van der Waals surface area contributed by atoms with Gasteiger partial charge in [0, 0.05) is 36.0 Å². The predicted octanol–water partition coefficient (Wildman–Crippen LogP) is 2.88. The van der Waals surface area contributed by atoms with E-state index in [0.29, 0.717) is 12.6 Å². The third kappa shape index (κ3) is 2.39. The number of nitrogens with zero attached hydrogens (tertiary/aromatic N) is 1. The Balaban J connectivity index is 2.38. The third-order valence-electron chi connectivity index (χ3n) is 2.93. The zero-order valence-electron chi connectivity index (χ0n) is 9.97. The molecule has 1 aliphatic rings. The van der Waals surface area contributed by atoms with Crippen LogP contribution in [0.15, 0.2) is 18.2 Å². The van der Waals surface area contributed by atoms with Crippen LogP contribution < -0.4 is 5.32 Å². The van der Waals surface area contributed by atoms with Gasteiger partial charge in [-0.25, -0.2) is 0 Å². The Hall–Kier alpha value is -1.62. The molecule has 5 nitrogen and oxygen atoms in total. The highest BCUT2D eigenvalue weighted by atomic mass is 16.6. The van der Waals surface area contributed by atoms with E-state index in [-0.39, 0.29) is 16.7 Å². The average molecular weight is 236 g/mol. The molecule has 0 amide bonds.